The Bertz CT molecular complexity index is 413. The van der Waals surface area contributed by atoms with Gasteiger partial charge in [0.25, 0.3) is 0 Å². The van der Waals surface area contributed by atoms with Gasteiger partial charge in [0.05, 0.1) is 6.42 Å². The van der Waals surface area contributed by atoms with Gasteiger partial charge in [-0.1, -0.05) is 20.8 Å². The lowest BCUT2D eigenvalue weighted by atomic mass is 9.87. The van der Waals surface area contributed by atoms with Gasteiger partial charge in [0.15, 0.2) is 0 Å². The van der Waals surface area contributed by atoms with Crippen LogP contribution in [0.15, 0.2) is 12.3 Å². The van der Waals surface area contributed by atoms with E-state index in [-0.39, 0.29) is 17.9 Å². The molecule has 0 aliphatic heterocycles. The standard InChI is InChI=1S/C13H21N3O2/c1-9-5-6-14-12(15-9)16-10(7-11(17)18)8-13(2,3)4/h5-6,10H,7-8H2,1-4H3,(H,17,18)(H,14,15,16). The Hall–Kier alpha value is -1.65. The first-order valence-electron chi connectivity index (χ1n) is 6.04. The monoisotopic (exact) mass is 251 g/mol. The lowest BCUT2D eigenvalue weighted by Gasteiger charge is -2.25. The van der Waals surface area contributed by atoms with Crippen LogP contribution in [0.3, 0.4) is 0 Å². The van der Waals surface area contributed by atoms with E-state index >= 15 is 0 Å². The summed E-state index contributed by atoms with van der Waals surface area (Å²) < 4.78 is 0. The van der Waals surface area contributed by atoms with Gasteiger partial charge in [0.2, 0.25) is 5.95 Å². The molecule has 0 aliphatic rings. The minimum Gasteiger partial charge on any atom is -0.481 e. The van der Waals surface area contributed by atoms with Crippen molar-refractivity contribution >= 4 is 11.9 Å². The molecule has 2 N–H and O–H groups in total. The lowest BCUT2D eigenvalue weighted by molar-refractivity contribution is -0.137. The van der Waals surface area contributed by atoms with E-state index < -0.39 is 5.97 Å². The minimum atomic E-state index is -0.815. The number of aromatic nitrogens is 2. The highest BCUT2D eigenvalue weighted by Crippen LogP contribution is 2.23. The van der Waals surface area contributed by atoms with Gasteiger partial charge in [-0.05, 0) is 24.8 Å². The molecule has 0 fully saturated rings. The van der Waals surface area contributed by atoms with E-state index in [2.05, 4.69) is 36.1 Å². The molecule has 0 saturated heterocycles. The Kier molecular flexibility index (Phi) is 4.64. The number of nitrogens with zero attached hydrogens (tertiary/aromatic N) is 2. The average molecular weight is 251 g/mol. The summed E-state index contributed by atoms with van der Waals surface area (Å²) in [5.74, 6) is -0.324. The fraction of sp³-hybridized carbons (Fsp3) is 0.615. The minimum absolute atomic E-state index is 0.0525. The van der Waals surface area contributed by atoms with Crippen molar-refractivity contribution in [2.24, 2.45) is 5.41 Å². The zero-order chi connectivity index (χ0) is 13.8. The Balaban J connectivity index is 2.74. The molecule has 1 heterocycles. The Morgan fingerprint density at radius 3 is 2.67 bits per heavy atom. The topological polar surface area (TPSA) is 75.1 Å². The van der Waals surface area contributed by atoms with Crippen molar-refractivity contribution in [1.82, 2.24) is 9.97 Å². The quantitative estimate of drug-likeness (QED) is 0.840. The fourth-order valence-corrected chi connectivity index (χ4v) is 1.83. The summed E-state index contributed by atoms with van der Waals surface area (Å²) in [7, 11) is 0. The predicted molar refractivity (Wildman–Crippen MR) is 70.5 cm³/mol. The Morgan fingerprint density at radius 1 is 1.50 bits per heavy atom. The predicted octanol–water partition coefficient (Wildman–Crippen LogP) is 2.48. The highest BCUT2D eigenvalue weighted by atomic mass is 16.4. The van der Waals surface area contributed by atoms with Crippen LogP contribution < -0.4 is 5.32 Å². The van der Waals surface area contributed by atoms with E-state index in [9.17, 15) is 4.79 Å². The molecule has 1 aromatic rings. The molecule has 0 bridgehead atoms. The maximum absolute atomic E-state index is 10.9. The number of aryl methyl sites for hydroxylation is 1. The van der Waals surface area contributed by atoms with E-state index in [1.165, 1.54) is 0 Å². The smallest absolute Gasteiger partial charge is 0.305 e. The third-order valence-corrected chi connectivity index (χ3v) is 2.41. The molecule has 1 aromatic heterocycles. The lowest BCUT2D eigenvalue weighted by Crippen LogP contribution is -2.29. The SMILES string of the molecule is Cc1ccnc(NC(CC(=O)O)CC(C)(C)C)n1. The molecule has 0 aromatic carbocycles. The van der Waals surface area contributed by atoms with Gasteiger partial charge < -0.3 is 10.4 Å². The summed E-state index contributed by atoms with van der Waals surface area (Å²) in [5.41, 5.74) is 0.911. The molecule has 1 unspecified atom stereocenters. The second-order valence-corrected chi connectivity index (χ2v) is 5.73. The largest absolute Gasteiger partial charge is 0.481 e. The summed E-state index contributed by atoms with van der Waals surface area (Å²) in [4.78, 5) is 19.2. The number of carbonyl (C=O) groups is 1. The Morgan fingerprint density at radius 2 is 2.17 bits per heavy atom. The van der Waals surface area contributed by atoms with Gasteiger partial charge in [-0.2, -0.15) is 0 Å². The molecule has 0 spiro atoms. The van der Waals surface area contributed by atoms with Crippen LogP contribution in [0.5, 0.6) is 0 Å². The van der Waals surface area contributed by atoms with Crippen molar-refractivity contribution in [1.29, 1.82) is 0 Å². The normalized spacial score (nSPS) is 13.1. The number of anilines is 1. The van der Waals surface area contributed by atoms with Crippen molar-refractivity contribution in [2.45, 2.75) is 46.6 Å². The molecule has 1 rings (SSSR count). The van der Waals surface area contributed by atoms with Crippen molar-refractivity contribution < 1.29 is 9.90 Å². The van der Waals surface area contributed by atoms with Crippen LogP contribution in [0.4, 0.5) is 5.95 Å². The number of carboxylic acid groups (broad SMARTS) is 1. The van der Waals surface area contributed by atoms with Gasteiger partial charge in [0.1, 0.15) is 0 Å². The first-order valence-corrected chi connectivity index (χ1v) is 6.04. The fourth-order valence-electron chi connectivity index (χ4n) is 1.83. The number of carboxylic acids is 1. The van der Waals surface area contributed by atoms with Crippen LogP contribution in [0, 0.1) is 12.3 Å². The molecular weight excluding hydrogens is 230 g/mol. The molecule has 5 nitrogen and oxygen atoms in total. The van der Waals surface area contributed by atoms with E-state index in [1.807, 2.05) is 6.92 Å². The zero-order valence-electron chi connectivity index (χ0n) is 11.4. The van der Waals surface area contributed by atoms with E-state index in [1.54, 1.807) is 12.3 Å². The second-order valence-electron chi connectivity index (χ2n) is 5.73. The van der Waals surface area contributed by atoms with E-state index in [4.69, 9.17) is 5.11 Å². The molecule has 100 valence electrons. The molecule has 0 amide bonds. The van der Waals surface area contributed by atoms with Crippen molar-refractivity contribution in [2.75, 3.05) is 5.32 Å². The molecule has 0 saturated carbocycles. The van der Waals surface area contributed by atoms with Crippen LogP contribution >= 0.6 is 0 Å². The maximum atomic E-state index is 10.9. The molecule has 0 radical (unpaired) electrons. The third kappa shape index (κ3) is 5.61. The number of nitrogens with one attached hydrogen (secondary N) is 1. The first kappa shape index (κ1) is 14.4. The first-order chi connectivity index (χ1) is 8.26. The Labute approximate surface area is 108 Å². The van der Waals surface area contributed by atoms with Gasteiger partial charge >= 0.3 is 5.97 Å². The van der Waals surface area contributed by atoms with Crippen molar-refractivity contribution in [3.8, 4) is 0 Å². The van der Waals surface area contributed by atoms with Gasteiger partial charge in [-0.15, -0.1) is 0 Å². The molecular formula is C13H21N3O2. The third-order valence-electron chi connectivity index (χ3n) is 2.41. The van der Waals surface area contributed by atoms with Crippen LogP contribution in [0.1, 0.15) is 39.3 Å². The number of hydrogen-bond donors (Lipinski definition) is 2. The van der Waals surface area contributed by atoms with Crippen LogP contribution in [0.25, 0.3) is 0 Å². The maximum Gasteiger partial charge on any atom is 0.305 e. The molecule has 5 heteroatoms. The van der Waals surface area contributed by atoms with Crippen LogP contribution in [-0.4, -0.2) is 27.1 Å². The van der Waals surface area contributed by atoms with E-state index in [0.29, 0.717) is 5.95 Å². The van der Waals surface area contributed by atoms with Crippen molar-refractivity contribution in [3.05, 3.63) is 18.0 Å². The highest BCUT2D eigenvalue weighted by molar-refractivity contribution is 5.68. The van der Waals surface area contributed by atoms with Gasteiger partial charge in [-0.25, -0.2) is 9.97 Å². The van der Waals surface area contributed by atoms with Gasteiger partial charge in [0, 0.05) is 17.9 Å². The summed E-state index contributed by atoms with van der Waals surface area (Å²) in [6, 6.07) is 1.64. The zero-order valence-corrected chi connectivity index (χ0v) is 11.4. The number of hydrogen-bond acceptors (Lipinski definition) is 4. The average Bonchev–Trinajstić information content (AvgIpc) is 2.12. The van der Waals surface area contributed by atoms with Crippen molar-refractivity contribution in [3.63, 3.8) is 0 Å². The second kappa shape index (κ2) is 5.80. The summed E-state index contributed by atoms with van der Waals surface area (Å²) in [5, 5.41) is 12.0. The van der Waals surface area contributed by atoms with E-state index in [0.717, 1.165) is 12.1 Å². The summed E-state index contributed by atoms with van der Waals surface area (Å²) >= 11 is 0. The number of rotatable bonds is 5. The van der Waals surface area contributed by atoms with Crippen LogP contribution in [0.2, 0.25) is 0 Å². The van der Waals surface area contributed by atoms with Crippen LogP contribution in [-0.2, 0) is 4.79 Å². The highest BCUT2D eigenvalue weighted by Gasteiger charge is 2.21. The summed E-state index contributed by atoms with van der Waals surface area (Å²) in [6.07, 6.45) is 2.48. The van der Waals surface area contributed by atoms with Gasteiger partial charge in [-0.3, -0.25) is 4.79 Å². The molecule has 18 heavy (non-hydrogen) atoms. The summed E-state index contributed by atoms with van der Waals surface area (Å²) in [6.45, 7) is 8.13. The number of aliphatic carboxylic acids is 1. The molecule has 0 aliphatic carbocycles. The molecule has 1 atom stereocenters.